The molecule has 0 spiro atoms. The summed E-state index contributed by atoms with van der Waals surface area (Å²) in [5.74, 6) is 1.44. The van der Waals surface area contributed by atoms with Gasteiger partial charge in [0.05, 0.1) is 12.2 Å². The van der Waals surface area contributed by atoms with E-state index in [1.807, 2.05) is 10.7 Å². The number of H-pyrrole nitrogens is 1. The van der Waals surface area contributed by atoms with Crippen LogP contribution < -0.4 is 5.56 Å². The summed E-state index contributed by atoms with van der Waals surface area (Å²) in [4.78, 5) is 23.2. The summed E-state index contributed by atoms with van der Waals surface area (Å²) < 4.78 is 7.42. The smallest absolute Gasteiger partial charge is 0.262 e. The first kappa shape index (κ1) is 21.0. The molecule has 0 saturated carbocycles. The Balaban J connectivity index is 0.00000218. The predicted molar refractivity (Wildman–Crippen MR) is 118 cm³/mol. The number of nitrogens with zero attached hydrogens (tertiary/aromatic N) is 4. The van der Waals surface area contributed by atoms with Gasteiger partial charge in [0, 0.05) is 38.8 Å². The molecule has 0 amide bonds. The maximum absolute atomic E-state index is 12.7. The maximum Gasteiger partial charge on any atom is 0.262 e. The molecule has 7 nitrogen and oxygen atoms in total. The Morgan fingerprint density at radius 1 is 1.17 bits per heavy atom. The third-order valence-electron chi connectivity index (χ3n) is 6.31. The number of benzene rings is 1. The second-order valence-corrected chi connectivity index (χ2v) is 8.38. The molecular weight excluding hydrogens is 402 g/mol. The zero-order valence-corrected chi connectivity index (χ0v) is 18.0. The molecule has 2 atom stereocenters. The number of nitrogens with one attached hydrogen (secondary N) is 1. The van der Waals surface area contributed by atoms with E-state index in [-0.39, 0.29) is 29.9 Å². The van der Waals surface area contributed by atoms with Crippen molar-refractivity contribution < 1.29 is 4.74 Å². The number of halogens is 1. The fraction of sp³-hybridized carbons (Fsp3) is 0.500. The van der Waals surface area contributed by atoms with E-state index in [0.717, 1.165) is 51.5 Å². The van der Waals surface area contributed by atoms with Crippen LogP contribution in [0.1, 0.15) is 43.1 Å². The summed E-state index contributed by atoms with van der Waals surface area (Å²) in [6, 6.07) is 10.8. The fourth-order valence-electron chi connectivity index (χ4n) is 4.72. The van der Waals surface area contributed by atoms with Crippen molar-refractivity contribution in [3.8, 4) is 0 Å². The molecule has 2 fully saturated rings. The number of likely N-dealkylation sites (tertiary alicyclic amines) is 1. The van der Waals surface area contributed by atoms with Crippen molar-refractivity contribution >= 4 is 23.4 Å². The number of aromatic amines is 1. The summed E-state index contributed by atoms with van der Waals surface area (Å²) in [6.45, 7) is 6.53. The van der Waals surface area contributed by atoms with Gasteiger partial charge in [-0.2, -0.15) is 5.10 Å². The van der Waals surface area contributed by atoms with Crippen molar-refractivity contribution in [3.63, 3.8) is 0 Å². The molecule has 0 aliphatic carbocycles. The number of hydrogen-bond acceptors (Lipinski definition) is 5. The molecule has 0 radical (unpaired) electrons. The number of hydrogen-bond donors (Lipinski definition) is 1. The normalized spacial score (nSPS) is 23.0. The van der Waals surface area contributed by atoms with Crippen molar-refractivity contribution in [1.82, 2.24) is 24.6 Å². The lowest BCUT2D eigenvalue weighted by Gasteiger charge is -2.23. The zero-order valence-electron chi connectivity index (χ0n) is 17.2. The molecule has 2 aliphatic heterocycles. The molecule has 160 valence electrons. The van der Waals surface area contributed by atoms with Gasteiger partial charge in [0.1, 0.15) is 11.2 Å². The molecule has 2 aromatic heterocycles. The van der Waals surface area contributed by atoms with Gasteiger partial charge in [-0.05, 0) is 24.3 Å². The molecule has 3 aromatic rings. The number of fused-ring (bicyclic) bond motifs is 1. The Hall–Kier alpha value is -2.22. The van der Waals surface area contributed by atoms with Gasteiger partial charge in [0.15, 0.2) is 5.65 Å². The first-order valence-electron chi connectivity index (χ1n) is 10.5. The first-order valence-corrected chi connectivity index (χ1v) is 10.5. The van der Waals surface area contributed by atoms with Crippen LogP contribution in [-0.4, -0.2) is 51.0 Å². The highest BCUT2D eigenvalue weighted by Gasteiger charge is 2.33. The monoisotopic (exact) mass is 429 g/mol. The standard InChI is InChI=1S/C22H27N5O2.ClH/c1-15-12-26(13-16-5-3-2-4-6-16)14-19(15)20-24-21-18(22(28)25-20)11-23-27(21)17-7-9-29-10-8-17;/h2-6,11,15,17,19H,7-10,12-14H2,1H3,(H,24,25,28);1H/t15-,19-;/m0./s1. The molecule has 5 rings (SSSR count). The molecule has 8 heteroatoms. The van der Waals surface area contributed by atoms with Crippen LogP contribution in [0.3, 0.4) is 0 Å². The van der Waals surface area contributed by atoms with E-state index in [1.54, 1.807) is 6.20 Å². The van der Waals surface area contributed by atoms with Gasteiger partial charge in [-0.3, -0.25) is 9.69 Å². The molecule has 0 bridgehead atoms. The Morgan fingerprint density at radius 2 is 1.93 bits per heavy atom. The molecule has 1 N–H and O–H groups in total. The van der Waals surface area contributed by atoms with Crippen molar-refractivity contribution in [2.24, 2.45) is 5.92 Å². The van der Waals surface area contributed by atoms with E-state index in [1.165, 1.54) is 5.56 Å². The Bertz CT molecular complexity index is 1040. The summed E-state index contributed by atoms with van der Waals surface area (Å²) in [7, 11) is 0. The van der Waals surface area contributed by atoms with Crippen molar-refractivity contribution in [2.45, 2.75) is 38.3 Å². The predicted octanol–water partition coefficient (Wildman–Crippen LogP) is 3.13. The quantitative estimate of drug-likeness (QED) is 0.689. The lowest BCUT2D eigenvalue weighted by molar-refractivity contribution is 0.0673. The zero-order chi connectivity index (χ0) is 19.8. The highest BCUT2D eigenvalue weighted by Crippen LogP contribution is 2.32. The van der Waals surface area contributed by atoms with Crippen LogP contribution in [-0.2, 0) is 11.3 Å². The lowest BCUT2D eigenvalue weighted by Crippen LogP contribution is -2.23. The van der Waals surface area contributed by atoms with Gasteiger partial charge in [0.2, 0.25) is 0 Å². The van der Waals surface area contributed by atoms with Gasteiger partial charge in [-0.25, -0.2) is 9.67 Å². The highest BCUT2D eigenvalue weighted by atomic mass is 35.5. The van der Waals surface area contributed by atoms with Crippen LogP contribution in [0.25, 0.3) is 11.0 Å². The number of aromatic nitrogens is 4. The van der Waals surface area contributed by atoms with Gasteiger partial charge in [-0.1, -0.05) is 37.3 Å². The summed E-state index contributed by atoms with van der Waals surface area (Å²) in [6.07, 6.45) is 3.47. The van der Waals surface area contributed by atoms with Crippen LogP contribution in [0.5, 0.6) is 0 Å². The van der Waals surface area contributed by atoms with E-state index in [2.05, 4.69) is 46.2 Å². The maximum atomic E-state index is 12.7. The minimum Gasteiger partial charge on any atom is -0.381 e. The molecular formula is C22H28ClN5O2. The molecule has 30 heavy (non-hydrogen) atoms. The highest BCUT2D eigenvalue weighted by molar-refractivity contribution is 5.85. The minimum atomic E-state index is -0.0861. The van der Waals surface area contributed by atoms with E-state index in [4.69, 9.17) is 9.72 Å². The van der Waals surface area contributed by atoms with Crippen LogP contribution >= 0.6 is 12.4 Å². The average molecular weight is 430 g/mol. The molecule has 2 aliphatic rings. The van der Waals surface area contributed by atoms with Crippen LogP contribution in [0.4, 0.5) is 0 Å². The number of ether oxygens (including phenoxy) is 1. The van der Waals surface area contributed by atoms with Crippen molar-refractivity contribution in [3.05, 3.63) is 58.3 Å². The van der Waals surface area contributed by atoms with E-state index >= 15 is 0 Å². The number of rotatable bonds is 4. The van der Waals surface area contributed by atoms with Crippen molar-refractivity contribution in [2.75, 3.05) is 26.3 Å². The third kappa shape index (κ3) is 4.02. The topological polar surface area (TPSA) is 76.0 Å². The average Bonchev–Trinajstić information content (AvgIpc) is 3.33. The lowest BCUT2D eigenvalue weighted by atomic mass is 9.97. The van der Waals surface area contributed by atoms with Crippen LogP contribution in [0.2, 0.25) is 0 Å². The Labute approximate surface area is 181 Å². The first-order chi connectivity index (χ1) is 14.2. The van der Waals surface area contributed by atoms with Gasteiger partial charge >= 0.3 is 0 Å². The van der Waals surface area contributed by atoms with Crippen LogP contribution in [0, 0.1) is 5.92 Å². The van der Waals surface area contributed by atoms with E-state index in [0.29, 0.717) is 17.0 Å². The van der Waals surface area contributed by atoms with Crippen molar-refractivity contribution in [1.29, 1.82) is 0 Å². The molecule has 0 unspecified atom stereocenters. The molecule has 2 saturated heterocycles. The second kappa shape index (κ2) is 8.88. The van der Waals surface area contributed by atoms with Gasteiger partial charge in [-0.15, -0.1) is 12.4 Å². The van der Waals surface area contributed by atoms with E-state index in [9.17, 15) is 4.79 Å². The van der Waals surface area contributed by atoms with Gasteiger partial charge in [0.25, 0.3) is 5.56 Å². The second-order valence-electron chi connectivity index (χ2n) is 8.38. The van der Waals surface area contributed by atoms with E-state index < -0.39 is 0 Å². The largest absolute Gasteiger partial charge is 0.381 e. The summed E-state index contributed by atoms with van der Waals surface area (Å²) in [5, 5.41) is 5.08. The Morgan fingerprint density at radius 3 is 2.70 bits per heavy atom. The van der Waals surface area contributed by atoms with Gasteiger partial charge < -0.3 is 9.72 Å². The SMILES string of the molecule is C[C@H]1CN(Cc2ccccc2)C[C@@H]1c1nc2c(cnn2C2CCOCC2)c(=O)[nH]1.Cl. The summed E-state index contributed by atoms with van der Waals surface area (Å²) in [5.41, 5.74) is 1.94. The summed E-state index contributed by atoms with van der Waals surface area (Å²) >= 11 is 0. The molecule has 4 heterocycles. The molecule has 1 aromatic carbocycles. The fourth-order valence-corrected chi connectivity index (χ4v) is 4.72. The third-order valence-corrected chi connectivity index (χ3v) is 6.31. The van der Waals surface area contributed by atoms with Crippen LogP contribution in [0.15, 0.2) is 41.3 Å². The Kier molecular flexibility index (Phi) is 6.22. The minimum absolute atomic E-state index is 0.